The van der Waals surface area contributed by atoms with Gasteiger partial charge in [-0.05, 0) is 25.0 Å². The van der Waals surface area contributed by atoms with Gasteiger partial charge < -0.3 is 15.7 Å². The highest BCUT2D eigenvalue weighted by Crippen LogP contribution is 2.35. The number of rotatable bonds is 6. The van der Waals surface area contributed by atoms with Crippen LogP contribution in [0.4, 0.5) is 13.2 Å². The van der Waals surface area contributed by atoms with Crippen molar-refractivity contribution in [3.63, 3.8) is 0 Å². The summed E-state index contributed by atoms with van der Waals surface area (Å²) in [6, 6.07) is 0.972. The Bertz CT molecular complexity index is 902. The second-order valence-electron chi connectivity index (χ2n) is 6.18. The Labute approximate surface area is 166 Å². The third-order valence-corrected chi connectivity index (χ3v) is 6.71. The number of nitriles is 1. The number of hydrogen-bond acceptors (Lipinski definition) is 7. The Kier molecular flexibility index (Phi) is 9.95. The highest BCUT2D eigenvalue weighted by molar-refractivity contribution is 7.93. The maximum atomic E-state index is 12.3. The number of hydrogen-bond donors (Lipinski definition) is 3. The van der Waals surface area contributed by atoms with Gasteiger partial charge in [0.15, 0.2) is 7.37 Å². The molecular formula is C15H22F3N4O5PS. The van der Waals surface area contributed by atoms with Crippen molar-refractivity contribution < 1.29 is 36.7 Å². The van der Waals surface area contributed by atoms with Crippen molar-refractivity contribution in [1.29, 1.82) is 5.26 Å². The van der Waals surface area contributed by atoms with E-state index in [1.54, 1.807) is 0 Å². The molecule has 29 heavy (non-hydrogen) atoms. The minimum atomic E-state index is -4.51. The Morgan fingerprint density at radius 1 is 1.48 bits per heavy atom. The Morgan fingerprint density at radius 2 is 2.03 bits per heavy atom. The molecule has 0 amide bonds. The average molecular weight is 458 g/mol. The van der Waals surface area contributed by atoms with Gasteiger partial charge in [-0.2, -0.15) is 18.4 Å². The van der Waals surface area contributed by atoms with E-state index >= 15 is 0 Å². The first-order valence-electron chi connectivity index (χ1n) is 7.91. The lowest BCUT2D eigenvalue weighted by Gasteiger charge is -2.13. The van der Waals surface area contributed by atoms with E-state index in [9.17, 15) is 26.7 Å². The van der Waals surface area contributed by atoms with E-state index in [0.29, 0.717) is 5.56 Å². The standard InChI is InChI=1S/C10H10F3N3OS.C5H12NO4P/c1-7(18(2,17)16-6-14)8-3-4-9(15-5-8)10(11,12)13;1-11(9,10)3-2-4(6)5(7)8/h3-5,7H,1-2H3;4H,2-3,6H2,1H3,(H,7,8)(H,9,10). The Hall–Kier alpha value is -2.00. The predicted octanol–water partition coefficient (Wildman–Crippen LogP) is 2.43. The number of aromatic nitrogens is 1. The van der Waals surface area contributed by atoms with Gasteiger partial charge in [0.2, 0.25) is 6.19 Å². The molecule has 0 aliphatic carbocycles. The van der Waals surface area contributed by atoms with Gasteiger partial charge in [0.1, 0.15) is 11.7 Å². The quantitative estimate of drug-likeness (QED) is 0.432. The Balaban J connectivity index is 0.000000614. The Morgan fingerprint density at radius 3 is 2.38 bits per heavy atom. The molecule has 164 valence electrons. The fourth-order valence-electron chi connectivity index (χ4n) is 1.73. The predicted molar refractivity (Wildman–Crippen MR) is 101 cm³/mol. The first-order chi connectivity index (χ1) is 13.0. The van der Waals surface area contributed by atoms with E-state index in [4.69, 9.17) is 21.0 Å². The van der Waals surface area contributed by atoms with Crippen LogP contribution in [0, 0.1) is 11.5 Å². The summed E-state index contributed by atoms with van der Waals surface area (Å²) in [5.41, 5.74) is 4.42. The number of nitrogens with zero attached hydrogens (tertiary/aromatic N) is 3. The van der Waals surface area contributed by atoms with Crippen LogP contribution < -0.4 is 5.73 Å². The zero-order chi connectivity index (χ0) is 23.0. The lowest BCUT2D eigenvalue weighted by molar-refractivity contribution is -0.141. The maximum Gasteiger partial charge on any atom is 0.433 e. The molecule has 1 aromatic rings. The van der Waals surface area contributed by atoms with Crippen molar-refractivity contribution >= 4 is 23.1 Å². The molecule has 0 bridgehead atoms. The fourth-order valence-corrected chi connectivity index (χ4v) is 3.45. The summed E-state index contributed by atoms with van der Waals surface area (Å²) >= 11 is 0. The van der Waals surface area contributed by atoms with E-state index < -0.39 is 46.2 Å². The summed E-state index contributed by atoms with van der Waals surface area (Å²) in [6.07, 6.45) is -0.784. The van der Waals surface area contributed by atoms with Crippen LogP contribution in [0.2, 0.25) is 0 Å². The van der Waals surface area contributed by atoms with Crippen molar-refractivity contribution in [3.8, 4) is 6.19 Å². The van der Waals surface area contributed by atoms with Gasteiger partial charge in [0.25, 0.3) is 0 Å². The van der Waals surface area contributed by atoms with Gasteiger partial charge in [-0.25, -0.2) is 4.21 Å². The van der Waals surface area contributed by atoms with Crippen LogP contribution in [0.3, 0.4) is 0 Å². The molecule has 0 radical (unpaired) electrons. The minimum absolute atomic E-state index is 0.0412. The smallest absolute Gasteiger partial charge is 0.433 e. The number of carbonyl (C=O) groups is 1. The van der Waals surface area contributed by atoms with E-state index in [1.807, 2.05) is 0 Å². The van der Waals surface area contributed by atoms with Crippen LogP contribution in [-0.4, -0.2) is 50.3 Å². The number of aliphatic carboxylic acids is 1. The topological polar surface area (TPSA) is 167 Å². The normalized spacial score (nSPS) is 17.3. The van der Waals surface area contributed by atoms with Crippen molar-refractivity contribution in [2.75, 3.05) is 19.1 Å². The molecule has 0 saturated carbocycles. The molecule has 4 unspecified atom stereocenters. The highest BCUT2D eigenvalue weighted by Gasteiger charge is 2.32. The van der Waals surface area contributed by atoms with E-state index in [0.717, 1.165) is 12.3 Å². The molecule has 0 saturated heterocycles. The van der Waals surface area contributed by atoms with Gasteiger partial charge in [0, 0.05) is 25.3 Å². The van der Waals surface area contributed by atoms with Gasteiger partial charge in [-0.1, -0.05) is 6.07 Å². The molecule has 0 fully saturated rings. The first-order valence-corrected chi connectivity index (χ1v) is 12.2. The van der Waals surface area contributed by atoms with Crippen molar-refractivity contribution in [2.24, 2.45) is 10.1 Å². The number of alkyl halides is 3. The summed E-state index contributed by atoms with van der Waals surface area (Å²) in [6.45, 7) is 2.70. The van der Waals surface area contributed by atoms with Crippen molar-refractivity contribution in [3.05, 3.63) is 29.6 Å². The molecule has 0 aliphatic heterocycles. The van der Waals surface area contributed by atoms with E-state index in [2.05, 4.69) is 9.35 Å². The SMILES string of the molecule is CC(c1ccc(C(F)(F)F)nc1)S(C)(=O)=NC#N.CP(=O)(O)CCC(N)C(=O)O. The van der Waals surface area contributed by atoms with Crippen LogP contribution >= 0.6 is 7.37 Å². The second kappa shape index (κ2) is 10.7. The van der Waals surface area contributed by atoms with Crippen LogP contribution in [0.15, 0.2) is 22.7 Å². The molecule has 0 aromatic carbocycles. The third kappa shape index (κ3) is 10.4. The number of carboxylic acids is 1. The monoisotopic (exact) mass is 458 g/mol. The van der Waals surface area contributed by atoms with Crippen LogP contribution in [0.1, 0.15) is 29.9 Å². The van der Waals surface area contributed by atoms with Crippen molar-refractivity contribution in [1.82, 2.24) is 4.98 Å². The third-order valence-electron chi connectivity index (χ3n) is 3.60. The van der Waals surface area contributed by atoms with Crippen molar-refractivity contribution in [2.45, 2.75) is 30.8 Å². The second-order valence-corrected chi connectivity index (χ2v) is 11.3. The lowest BCUT2D eigenvalue weighted by atomic mass is 10.2. The van der Waals surface area contributed by atoms with Gasteiger partial charge >= 0.3 is 12.1 Å². The number of halogens is 3. The zero-order valence-electron chi connectivity index (χ0n) is 15.8. The molecule has 0 spiro atoms. The summed E-state index contributed by atoms with van der Waals surface area (Å²) in [7, 11) is -5.92. The molecule has 4 N–H and O–H groups in total. The lowest BCUT2D eigenvalue weighted by Crippen LogP contribution is -2.30. The molecule has 14 heteroatoms. The first kappa shape index (κ1) is 27.0. The molecule has 4 atom stereocenters. The van der Waals surface area contributed by atoms with E-state index in [1.165, 1.54) is 32.1 Å². The number of carboxylic acid groups (broad SMARTS) is 1. The summed E-state index contributed by atoms with van der Waals surface area (Å²) in [5.74, 6) is -1.14. The largest absolute Gasteiger partial charge is 0.480 e. The zero-order valence-corrected chi connectivity index (χ0v) is 17.5. The molecule has 9 nitrogen and oxygen atoms in total. The maximum absolute atomic E-state index is 12.3. The van der Waals surface area contributed by atoms with Gasteiger partial charge in [-0.3, -0.25) is 14.3 Å². The summed E-state index contributed by atoms with van der Waals surface area (Å²) in [5, 5.41) is 16.0. The van der Waals surface area contributed by atoms with Crippen LogP contribution in [-0.2, 0) is 25.3 Å². The molecule has 0 aliphatic rings. The molecule has 1 heterocycles. The fraction of sp³-hybridized carbons (Fsp3) is 0.533. The summed E-state index contributed by atoms with van der Waals surface area (Å²) < 4.78 is 62.7. The average Bonchev–Trinajstić information content (AvgIpc) is 2.58. The van der Waals surface area contributed by atoms with Gasteiger partial charge in [-0.15, -0.1) is 4.36 Å². The van der Waals surface area contributed by atoms with Crippen LogP contribution in [0.25, 0.3) is 0 Å². The molecule has 1 aromatic heterocycles. The molecule has 1 rings (SSSR count). The van der Waals surface area contributed by atoms with E-state index in [-0.39, 0.29) is 12.6 Å². The van der Waals surface area contributed by atoms with Crippen LogP contribution in [0.5, 0.6) is 0 Å². The highest BCUT2D eigenvalue weighted by atomic mass is 32.2. The molecular weight excluding hydrogens is 436 g/mol. The number of pyridine rings is 1. The number of nitrogens with two attached hydrogens (primary N) is 1. The van der Waals surface area contributed by atoms with Gasteiger partial charge in [0.05, 0.1) is 15.0 Å². The minimum Gasteiger partial charge on any atom is -0.480 e. The summed E-state index contributed by atoms with van der Waals surface area (Å²) in [4.78, 5) is 22.1.